The largest absolute Gasteiger partial charge is 0.466 e. The van der Waals surface area contributed by atoms with Crippen LogP contribution in [0.1, 0.15) is 47.7 Å². The molecule has 1 aliphatic rings. The van der Waals surface area contributed by atoms with Crippen LogP contribution in [0.4, 0.5) is 22.4 Å². The lowest BCUT2D eigenvalue weighted by Crippen LogP contribution is -2.37. The number of carbonyl (C=O) groups is 3. The molecule has 1 saturated carbocycles. The predicted octanol–water partition coefficient (Wildman–Crippen LogP) is 4.29. The summed E-state index contributed by atoms with van der Waals surface area (Å²) in [6, 6.07) is 8.59. The number of halogens is 4. The smallest absolute Gasteiger partial charge is 0.408 e. The maximum Gasteiger partial charge on any atom is 0.408 e. The van der Waals surface area contributed by atoms with E-state index < -0.39 is 64.2 Å². The number of benzene rings is 2. The second-order valence-electron chi connectivity index (χ2n) is 7.18. The van der Waals surface area contributed by atoms with Crippen molar-refractivity contribution in [1.29, 1.82) is 0 Å². The molecule has 0 saturated heterocycles. The number of alkyl carbamates (subject to hydrolysis) is 1. The first kappa shape index (κ1) is 23.2. The highest BCUT2D eigenvalue weighted by molar-refractivity contribution is 6.06. The topological polar surface area (TPSA) is 81.7 Å². The van der Waals surface area contributed by atoms with Crippen LogP contribution in [-0.4, -0.2) is 24.5 Å². The number of rotatable bonds is 8. The van der Waals surface area contributed by atoms with Crippen molar-refractivity contribution in [2.24, 2.45) is 0 Å². The number of hydrogen-bond donors (Lipinski definition) is 1. The average Bonchev–Trinajstić information content (AvgIpc) is 3.52. The van der Waals surface area contributed by atoms with Gasteiger partial charge in [0.1, 0.15) is 13.0 Å². The number of amides is 1. The molecule has 170 valence electrons. The summed E-state index contributed by atoms with van der Waals surface area (Å²) in [7, 11) is 0. The van der Waals surface area contributed by atoms with Gasteiger partial charge in [-0.25, -0.2) is 22.4 Å². The summed E-state index contributed by atoms with van der Waals surface area (Å²) in [6.07, 6.45) is -2.13. The van der Waals surface area contributed by atoms with Gasteiger partial charge in [0.2, 0.25) is 0 Å². The van der Waals surface area contributed by atoms with Gasteiger partial charge in [-0.15, -0.1) is 0 Å². The third-order valence-corrected chi connectivity index (χ3v) is 4.94. The Labute approximate surface area is 180 Å². The minimum Gasteiger partial charge on any atom is -0.466 e. The van der Waals surface area contributed by atoms with E-state index in [9.17, 15) is 31.9 Å². The van der Waals surface area contributed by atoms with Gasteiger partial charge >= 0.3 is 12.1 Å². The molecule has 0 radical (unpaired) electrons. The number of carbonyl (C=O) groups excluding carboxylic acids is 3. The first-order chi connectivity index (χ1) is 15.2. The van der Waals surface area contributed by atoms with E-state index in [0.29, 0.717) is 5.56 Å². The number of esters is 1. The van der Waals surface area contributed by atoms with Gasteiger partial charge in [-0.05, 0) is 25.3 Å². The molecule has 1 amide bonds. The van der Waals surface area contributed by atoms with Gasteiger partial charge < -0.3 is 14.8 Å². The van der Waals surface area contributed by atoms with Crippen LogP contribution in [-0.2, 0) is 26.4 Å². The third kappa shape index (κ3) is 4.74. The van der Waals surface area contributed by atoms with E-state index in [-0.39, 0.29) is 26.1 Å². The molecule has 2 aromatic carbocycles. The Morgan fingerprint density at radius 1 is 0.938 bits per heavy atom. The lowest BCUT2D eigenvalue weighted by atomic mass is 9.97. The first-order valence-corrected chi connectivity index (χ1v) is 9.74. The van der Waals surface area contributed by atoms with Gasteiger partial charge in [-0.1, -0.05) is 30.3 Å². The van der Waals surface area contributed by atoms with E-state index in [0.717, 1.165) is 0 Å². The van der Waals surface area contributed by atoms with E-state index in [1.807, 2.05) is 0 Å². The molecular weight excluding hydrogens is 434 g/mol. The number of Topliss-reactive ketones (excluding diaryl/α,β-unsaturated/α-hetero) is 1. The first-order valence-electron chi connectivity index (χ1n) is 9.74. The molecule has 0 aliphatic heterocycles. The van der Waals surface area contributed by atoms with Crippen LogP contribution in [0.5, 0.6) is 0 Å². The molecule has 1 aliphatic carbocycles. The lowest BCUT2D eigenvalue weighted by molar-refractivity contribution is -0.141. The van der Waals surface area contributed by atoms with Crippen LogP contribution < -0.4 is 5.32 Å². The Hall–Kier alpha value is -3.43. The van der Waals surface area contributed by atoms with Gasteiger partial charge in [-0.3, -0.25) is 9.59 Å². The molecule has 0 unspecified atom stereocenters. The van der Waals surface area contributed by atoms with Crippen molar-refractivity contribution in [2.75, 3.05) is 6.61 Å². The van der Waals surface area contributed by atoms with Crippen molar-refractivity contribution in [2.45, 2.75) is 38.3 Å². The van der Waals surface area contributed by atoms with Crippen molar-refractivity contribution in [3.05, 3.63) is 70.3 Å². The van der Waals surface area contributed by atoms with E-state index in [1.165, 1.54) is 6.92 Å². The third-order valence-electron chi connectivity index (χ3n) is 4.94. The quantitative estimate of drug-likeness (QED) is 0.212. The molecule has 1 fully saturated rings. The lowest BCUT2D eigenvalue weighted by Gasteiger charge is -2.21. The number of ether oxygens (including phenoxy) is 2. The molecule has 0 heterocycles. The molecule has 0 bridgehead atoms. The zero-order valence-corrected chi connectivity index (χ0v) is 17.0. The Balaban J connectivity index is 1.82. The molecule has 0 spiro atoms. The highest BCUT2D eigenvalue weighted by Crippen LogP contribution is 2.49. The van der Waals surface area contributed by atoms with Crippen molar-refractivity contribution in [3.8, 4) is 0 Å². The van der Waals surface area contributed by atoms with Gasteiger partial charge in [-0.2, -0.15) is 0 Å². The van der Waals surface area contributed by atoms with Crippen LogP contribution in [0, 0.1) is 23.3 Å². The van der Waals surface area contributed by atoms with E-state index >= 15 is 0 Å². The number of nitrogens with one attached hydrogen (secondary N) is 1. The highest BCUT2D eigenvalue weighted by atomic mass is 19.2. The zero-order valence-electron chi connectivity index (χ0n) is 17.0. The molecule has 32 heavy (non-hydrogen) atoms. The van der Waals surface area contributed by atoms with E-state index in [4.69, 9.17) is 4.74 Å². The van der Waals surface area contributed by atoms with Gasteiger partial charge in [0.15, 0.2) is 29.1 Å². The average molecular weight is 453 g/mol. The molecule has 2 aromatic rings. The highest BCUT2D eigenvalue weighted by Gasteiger charge is 2.52. The van der Waals surface area contributed by atoms with Crippen LogP contribution in [0.3, 0.4) is 0 Å². The normalized spacial score (nSPS) is 13.9. The maximum absolute atomic E-state index is 14.7. The maximum atomic E-state index is 14.7. The SMILES string of the molecule is CCOC(=O)CC(=O)c1c(F)c(F)c(C2(NC(=O)OCc3ccccc3)CC2)c(F)c1F. The molecule has 10 heteroatoms. The van der Waals surface area contributed by atoms with Crippen LogP contribution in [0.25, 0.3) is 0 Å². The van der Waals surface area contributed by atoms with Gasteiger partial charge in [0.25, 0.3) is 0 Å². The minimum absolute atomic E-state index is 0.00369. The predicted molar refractivity (Wildman–Crippen MR) is 103 cm³/mol. The second kappa shape index (κ2) is 9.37. The number of hydrogen-bond acceptors (Lipinski definition) is 5. The minimum atomic E-state index is -1.95. The fraction of sp³-hybridized carbons (Fsp3) is 0.318. The zero-order chi connectivity index (χ0) is 23.5. The van der Waals surface area contributed by atoms with Gasteiger partial charge in [0, 0.05) is 0 Å². The summed E-state index contributed by atoms with van der Waals surface area (Å²) < 4.78 is 68.1. The molecule has 0 aromatic heterocycles. The molecular formula is C22H19F4NO5. The van der Waals surface area contributed by atoms with Crippen LogP contribution in [0.15, 0.2) is 30.3 Å². The van der Waals surface area contributed by atoms with Crippen molar-refractivity contribution in [3.63, 3.8) is 0 Å². The monoisotopic (exact) mass is 453 g/mol. The summed E-state index contributed by atoms with van der Waals surface area (Å²) in [4.78, 5) is 35.6. The Kier molecular flexibility index (Phi) is 6.81. The molecule has 6 nitrogen and oxygen atoms in total. The van der Waals surface area contributed by atoms with Crippen molar-refractivity contribution in [1.82, 2.24) is 5.32 Å². The summed E-state index contributed by atoms with van der Waals surface area (Å²) in [5.74, 6) is -10.1. The summed E-state index contributed by atoms with van der Waals surface area (Å²) >= 11 is 0. The Morgan fingerprint density at radius 3 is 2.06 bits per heavy atom. The standard InChI is InChI=1S/C22H19F4NO5/c1-2-31-14(29)10-13(28)15-17(23)19(25)16(20(26)18(15)24)22(8-9-22)27-21(30)32-11-12-6-4-3-5-7-12/h3-7H,2,8-11H2,1H3,(H,27,30). The van der Waals surface area contributed by atoms with E-state index in [1.54, 1.807) is 30.3 Å². The van der Waals surface area contributed by atoms with Crippen molar-refractivity contribution < 1.29 is 41.4 Å². The van der Waals surface area contributed by atoms with E-state index in [2.05, 4.69) is 10.1 Å². The van der Waals surface area contributed by atoms with Crippen LogP contribution >= 0.6 is 0 Å². The number of ketones is 1. The summed E-state index contributed by atoms with van der Waals surface area (Å²) in [5.41, 5.74) is -3.62. The fourth-order valence-corrected chi connectivity index (χ4v) is 3.25. The Bertz CT molecular complexity index is 1030. The second-order valence-corrected chi connectivity index (χ2v) is 7.18. The fourth-order valence-electron chi connectivity index (χ4n) is 3.25. The molecule has 1 N–H and O–H groups in total. The molecule has 3 rings (SSSR count). The van der Waals surface area contributed by atoms with Gasteiger partial charge in [0.05, 0.1) is 23.3 Å². The van der Waals surface area contributed by atoms with Crippen molar-refractivity contribution >= 4 is 17.8 Å². The summed E-state index contributed by atoms with van der Waals surface area (Å²) in [5, 5.41) is 2.25. The van der Waals surface area contributed by atoms with Crippen LogP contribution in [0.2, 0.25) is 0 Å². The molecule has 0 atom stereocenters. The summed E-state index contributed by atoms with van der Waals surface area (Å²) in [6.45, 7) is 1.23. The Morgan fingerprint density at radius 2 is 1.53 bits per heavy atom.